The van der Waals surface area contributed by atoms with Crippen LogP contribution in [0, 0.1) is 11.7 Å². The average Bonchev–Trinajstić information content (AvgIpc) is 3.34. The van der Waals surface area contributed by atoms with E-state index in [4.69, 9.17) is 14.2 Å². The number of hydrogen-bond donors (Lipinski definition) is 1. The molecule has 0 spiro atoms. The van der Waals surface area contributed by atoms with Crippen LogP contribution in [-0.2, 0) is 13.0 Å². The van der Waals surface area contributed by atoms with Gasteiger partial charge in [0.25, 0.3) is 0 Å². The topological polar surface area (TPSA) is 68.7 Å². The number of hydrogen-bond acceptors (Lipinski definition) is 7. The molecular formula is C25H29FN4O3. The minimum atomic E-state index is -0.302. The fraction of sp³-hybridized carbons (Fsp3) is 0.440. The number of nitrogens with zero attached hydrogens (tertiary/aromatic N) is 3. The van der Waals surface area contributed by atoms with Crippen LogP contribution in [0.15, 0.2) is 36.5 Å². The zero-order valence-electron chi connectivity index (χ0n) is 18.8. The number of halogens is 1. The van der Waals surface area contributed by atoms with Crippen LogP contribution in [0.5, 0.6) is 17.4 Å². The lowest BCUT2D eigenvalue weighted by atomic mass is 9.96. The van der Waals surface area contributed by atoms with Crippen LogP contribution in [0.2, 0.25) is 0 Å². The van der Waals surface area contributed by atoms with Crippen LogP contribution in [-0.4, -0.2) is 54.9 Å². The Morgan fingerprint density at radius 1 is 1.18 bits per heavy atom. The van der Waals surface area contributed by atoms with Crippen molar-refractivity contribution >= 4 is 11.0 Å². The molecule has 0 radical (unpaired) electrons. The summed E-state index contributed by atoms with van der Waals surface area (Å²) in [6.07, 6.45) is 4.16. The van der Waals surface area contributed by atoms with E-state index in [1.165, 1.54) is 6.20 Å². The van der Waals surface area contributed by atoms with E-state index in [1.54, 1.807) is 13.2 Å². The molecule has 8 heteroatoms. The van der Waals surface area contributed by atoms with Gasteiger partial charge in [0.15, 0.2) is 11.5 Å². The molecular weight excluding hydrogens is 423 g/mol. The van der Waals surface area contributed by atoms with E-state index in [9.17, 15) is 4.39 Å². The quantitative estimate of drug-likeness (QED) is 0.561. The standard InChI is InChI=1S/C25H29FN4O3/c1-31-23-6-5-21-24(29-23)19(20(26)15-28-21)9-12-30-10-7-17(8-11-30)13-27-14-18-3-2-4-22-25(18)33-16-32-22/h2-6,15,17,27H,7-14,16H2,1H3. The number of ether oxygens (including phenoxy) is 3. The Hall–Kier alpha value is -2.97. The van der Waals surface area contributed by atoms with Gasteiger partial charge in [-0.15, -0.1) is 0 Å². The molecule has 5 rings (SSSR count). The number of piperidine rings is 1. The third-order valence-electron chi connectivity index (χ3n) is 6.56. The van der Waals surface area contributed by atoms with E-state index in [0.29, 0.717) is 41.6 Å². The summed E-state index contributed by atoms with van der Waals surface area (Å²) in [6.45, 7) is 4.90. The van der Waals surface area contributed by atoms with Crippen LogP contribution >= 0.6 is 0 Å². The molecule has 0 amide bonds. The van der Waals surface area contributed by atoms with Crippen molar-refractivity contribution in [1.29, 1.82) is 0 Å². The fourth-order valence-electron chi connectivity index (χ4n) is 4.65. The van der Waals surface area contributed by atoms with Crippen LogP contribution in [0.3, 0.4) is 0 Å². The summed E-state index contributed by atoms with van der Waals surface area (Å²) in [6, 6.07) is 9.60. The van der Waals surface area contributed by atoms with Gasteiger partial charge >= 0.3 is 0 Å². The van der Waals surface area contributed by atoms with Gasteiger partial charge in [-0.05, 0) is 56.9 Å². The molecule has 7 nitrogen and oxygen atoms in total. The average molecular weight is 453 g/mol. The summed E-state index contributed by atoms with van der Waals surface area (Å²) >= 11 is 0. The van der Waals surface area contributed by atoms with E-state index in [2.05, 4.69) is 26.3 Å². The molecule has 4 heterocycles. The van der Waals surface area contributed by atoms with Gasteiger partial charge in [0.05, 0.1) is 24.3 Å². The summed E-state index contributed by atoms with van der Waals surface area (Å²) in [7, 11) is 1.56. The Balaban J connectivity index is 1.11. The first kappa shape index (κ1) is 21.9. The van der Waals surface area contributed by atoms with Gasteiger partial charge in [-0.3, -0.25) is 4.98 Å². The lowest BCUT2D eigenvalue weighted by molar-refractivity contribution is 0.172. The first-order valence-electron chi connectivity index (χ1n) is 11.5. The predicted molar refractivity (Wildman–Crippen MR) is 123 cm³/mol. The number of benzene rings is 1. The highest BCUT2D eigenvalue weighted by Gasteiger charge is 2.21. The summed E-state index contributed by atoms with van der Waals surface area (Å²) in [4.78, 5) is 11.0. The van der Waals surface area contributed by atoms with Crippen molar-refractivity contribution in [3.05, 3.63) is 53.5 Å². The van der Waals surface area contributed by atoms with Crippen molar-refractivity contribution in [3.63, 3.8) is 0 Å². The van der Waals surface area contributed by atoms with Crippen molar-refractivity contribution in [2.75, 3.05) is 40.1 Å². The second kappa shape index (κ2) is 9.89. The van der Waals surface area contributed by atoms with E-state index >= 15 is 0 Å². The Bertz CT molecular complexity index is 1120. The monoisotopic (exact) mass is 452 g/mol. The molecule has 0 unspecified atom stereocenters. The maximum atomic E-state index is 14.5. The molecule has 1 fully saturated rings. The fourth-order valence-corrected chi connectivity index (χ4v) is 4.65. The Labute approximate surface area is 192 Å². The maximum absolute atomic E-state index is 14.5. The van der Waals surface area contributed by atoms with Gasteiger partial charge in [0, 0.05) is 30.3 Å². The summed E-state index contributed by atoms with van der Waals surface area (Å²) in [5.41, 5.74) is 3.04. The second-order valence-corrected chi connectivity index (χ2v) is 8.62. The van der Waals surface area contributed by atoms with Crippen LogP contribution in [0.25, 0.3) is 11.0 Å². The molecule has 2 aliphatic heterocycles. The van der Waals surface area contributed by atoms with E-state index in [1.807, 2.05) is 18.2 Å². The predicted octanol–water partition coefficient (Wildman–Crippen LogP) is 3.55. The van der Waals surface area contributed by atoms with E-state index in [0.717, 1.165) is 62.6 Å². The molecule has 0 aliphatic carbocycles. The van der Waals surface area contributed by atoms with Crippen LogP contribution in [0.4, 0.5) is 4.39 Å². The van der Waals surface area contributed by atoms with Crippen LogP contribution in [0.1, 0.15) is 24.0 Å². The molecule has 0 bridgehead atoms. The molecule has 1 N–H and O–H groups in total. The second-order valence-electron chi connectivity index (χ2n) is 8.62. The zero-order chi connectivity index (χ0) is 22.6. The van der Waals surface area contributed by atoms with Gasteiger partial charge in [0.1, 0.15) is 5.82 Å². The number of rotatable bonds is 8. The van der Waals surface area contributed by atoms with Gasteiger partial charge < -0.3 is 24.4 Å². The molecule has 3 aromatic rings. The number of likely N-dealkylation sites (tertiary alicyclic amines) is 1. The zero-order valence-corrected chi connectivity index (χ0v) is 18.8. The number of nitrogens with one attached hydrogen (secondary N) is 1. The minimum Gasteiger partial charge on any atom is -0.481 e. The molecule has 1 aromatic carbocycles. The van der Waals surface area contributed by atoms with E-state index < -0.39 is 0 Å². The SMILES string of the molecule is COc1ccc2ncc(F)c(CCN3CCC(CNCc4cccc5c4OCO5)CC3)c2n1. The van der Waals surface area contributed by atoms with Gasteiger partial charge in [-0.1, -0.05) is 12.1 Å². The van der Waals surface area contributed by atoms with Gasteiger partial charge in [-0.2, -0.15) is 0 Å². The van der Waals surface area contributed by atoms with Crippen LogP contribution < -0.4 is 19.5 Å². The third-order valence-corrected chi connectivity index (χ3v) is 6.56. The van der Waals surface area contributed by atoms with Crippen molar-refractivity contribution in [2.45, 2.75) is 25.8 Å². The van der Waals surface area contributed by atoms with Crippen molar-refractivity contribution < 1.29 is 18.6 Å². The smallest absolute Gasteiger partial charge is 0.231 e. The number of aromatic nitrogens is 2. The highest BCUT2D eigenvalue weighted by atomic mass is 19.1. The molecule has 2 aliphatic rings. The third kappa shape index (κ3) is 4.86. The molecule has 2 aromatic heterocycles. The van der Waals surface area contributed by atoms with Crippen molar-refractivity contribution in [1.82, 2.24) is 20.2 Å². The molecule has 1 saturated heterocycles. The van der Waals surface area contributed by atoms with E-state index in [-0.39, 0.29) is 5.82 Å². The Morgan fingerprint density at radius 3 is 2.91 bits per heavy atom. The summed E-state index contributed by atoms with van der Waals surface area (Å²) < 4.78 is 30.8. The molecule has 174 valence electrons. The number of pyridine rings is 2. The molecule has 0 saturated carbocycles. The molecule has 33 heavy (non-hydrogen) atoms. The lowest BCUT2D eigenvalue weighted by Gasteiger charge is -2.32. The van der Waals surface area contributed by atoms with Gasteiger partial charge in [0.2, 0.25) is 12.7 Å². The van der Waals surface area contributed by atoms with Crippen molar-refractivity contribution in [2.24, 2.45) is 5.92 Å². The number of methoxy groups -OCH3 is 1. The summed E-state index contributed by atoms with van der Waals surface area (Å²) in [5, 5.41) is 3.58. The highest BCUT2D eigenvalue weighted by Crippen LogP contribution is 2.35. The maximum Gasteiger partial charge on any atom is 0.231 e. The number of para-hydroxylation sites is 1. The first-order chi connectivity index (χ1) is 16.2. The Kier molecular flexibility index (Phi) is 6.55. The molecule has 0 atom stereocenters. The highest BCUT2D eigenvalue weighted by molar-refractivity contribution is 5.78. The normalized spacial score (nSPS) is 16.4. The lowest BCUT2D eigenvalue weighted by Crippen LogP contribution is -2.38. The minimum absolute atomic E-state index is 0.299. The number of fused-ring (bicyclic) bond motifs is 2. The Morgan fingerprint density at radius 2 is 2.06 bits per heavy atom. The van der Waals surface area contributed by atoms with Gasteiger partial charge in [-0.25, -0.2) is 9.37 Å². The first-order valence-corrected chi connectivity index (χ1v) is 11.5. The largest absolute Gasteiger partial charge is 0.481 e. The van der Waals surface area contributed by atoms with Crippen molar-refractivity contribution in [3.8, 4) is 17.4 Å². The summed E-state index contributed by atoms with van der Waals surface area (Å²) in [5.74, 6) is 2.50.